The minimum absolute atomic E-state index is 0.318. The zero-order valence-electron chi connectivity index (χ0n) is 10.4. The van der Waals surface area contributed by atoms with Gasteiger partial charge in [0.15, 0.2) is 0 Å². The number of rotatable bonds is 5. The average Bonchev–Trinajstić information content (AvgIpc) is 2.24. The summed E-state index contributed by atoms with van der Waals surface area (Å²) in [4.78, 5) is 1.35. The highest BCUT2D eigenvalue weighted by atomic mass is 35.5. The van der Waals surface area contributed by atoms with Gasteiger partial charge in [-0.1, -0.05) is 39.0 Å². The fourth-order valence-electron chi connectivity index (χ4n) is 1.58. The molecule has 1 rings (SSSR count). The summed E-state index contributed by atoms with van der Waals surface area (Å²) in [5, 5.41) is 0. The molecule has 2 heteroatoms. The maximum atomic E-state index is 6.02. The van der Waals surface area contributed by atoms with Crippen LogP contribution in [0.3, 0.4) is 0 Å². The van der Waals surface area contributed by atoms with E-state index in [0.29, 0.717) is 11.3 Å². The summed E-state index contributed by atoms with van der Waals surface area (Å²) < 4.78 is 0. The second kappa shape index (κ2) is 6.56. The highest BCUT2D eigenvalue weighted by Gasteiger charge is 2.23. The molecule has 0 radical (unpaired) electrons. The molecule has 0 amide bonds. The van der Waals surface area contributed by atoms with Gasteiger partial charge in [-0.25, -0.2) is 0 Å². The van der Waals surface area contributed by atoms with E-state index in [1.54, 1.807) is 0 Å². The van der Waals surface area contributed by atoms with Gasteiger partial charge in [0.1, 0.15) is 0 Å². The number of alkyl halides is 1. The molecule has 0 aliphatic carbocycles. The van der Waals surface area contributed by atoms with Crippen molar-refractivity contribution in [2.24, 2.45) is 11.3 Å². The largest absolute Gasteiger partial charge is 0.126 e. The minimum atomic E-state index is 0.318. The lowest BCUT2D eigenvalue weighted by molar-refractivity contribution is 0.260. The zero-order valence-corrected chi connectivity index (χ0v) is 11.9. The van der Waals surface area contributed by atoms with Crippen LogP contribution in [-0.2, 0) is 0 Å². The maximum absolute atomic E-state index is 6.02. The van der Waals surface area contributed by atoms with E-state index in [1.807, 2.05) is 11.8 Å². The minimum Gasteiger partial charge on any atom is -0.126 e. The van der Waals surface area contributed by atoms with Crippen LogP contribution in [0.2, 0.25) is 0 Å². The SMILES string of the molecule is CC(C)(C)C(CCl)CCSc1ccccc1. The summed E-state index contributed by atoms with van der Waals surface area (Å²) in [5.74, 6) is 2.52. The average molecular weight is 257 g/mol. The molecule has 0 N–H and O–H groups in total. The monoisotopic (exact) mass is 256 g/mol. The number of thioether (sulfide) groups is 1. The first-order valence-corrected chi connectivity index (χ1v) is 7.30. The Hall–Kier alpha value is -0.140. The Balaban J connectivity index is 2.35. The molecule has 1 atom stereocenters. The predicted octanol–water partition coefficient (Wildman–Crippen LogP) is 5.07. The van der Waals surface area contributed by atoms with Gasteiger partial charge < -0.3 is 0 Å². The number of benzene rings is 1. The lowest BCUT2D eigenvalue weighted by Gasteiger charge is -2.28. The summed E-state index contributed by atoms with van der Waals surface area (Å²) in [6.07, 6.45) is 1.19. The highest BCUT2D eigenvalue weighted by Crippen LogP contribution is 2.31. The van der Waals surface area contributed by atoms with Crippen LogP contribution in [-0.4, -0.2) is 11.6 Å². The summed E-state index contributed by atoms with van der Waals surface area (Å²) in [7, 11) is 0. The Morgan fingerprint density at radius 2 is 1.81 bits per heavy atom. The number of halogens is 1. The first-order valence-electron chi connectivity index (χ1n) is 5.78. The molecule has 16 heavy (non-hydrogen) atoms. The molecule has 0 fully saturated rings. The van der Waals surface area contributed by atoms with E-state index in [9.17, 15) is 0 Å². The predicted molar refractivity (Wildman–Crippen MR) is 75.4 cm³/mol. The molecular formula is C14H21ClS. The van der Waals surface area contributed by atoms with E-state index < -0.39 is 0 Å². The van der Waals surface area contributed by atoms with Gasteiger partial charge in [0.05, 0.1) is 0 Å². The molecule has 0 bridgehead atoms. The van der Waals surface area contributed by atoms with Crippen molar-refractivity contribution in [1.29, 1.82) is 0 Å². The van der Waals surface area contributed by atoms with E-state index >= 15 is 0 Å². The fourth-order valence-corrected chi connectivity index (χ4v) is 3.18. The van der Waals surface area contributed by atoms with Crippen molar-refractivity contribution in [3.8, 4) is 0 Å². The Bertz CT molecular complexity index is 289. The molecule has 0 saturated carbocycles. The zero-order chi connectivity index (χ0) is 12.0. The highest BCUT2D eigenvalue weighted by molar-refractivity contribution is 7.99. The first kappa shape index (κ1) is 13.9. The molecule has 0 spiro atoms. The van der Waals surface area contributed by atoms with E-state index in [0.717, 1.165) is 11.6 Å². The van der Waals surface area contributed by atoms with Crippen molar-refractivity contribution in [3.05, 3.63) is 30.3 Å². The molecule has 90 valence electrons. The Morgan fingerprint density at radius 3 is 2.31 bits per heavy atom. The molecule has 1 unspecified atom stereocenters. The molecule has 0 nitrogen and oxygen atoms in total. The Labute approximate surface area is 109 Å². The van der Waals surface area contributed by atoms with Gasteiger partial charge >= 0.3 is 0 Å². The van der Waals surface area contributed by atoms with Crippen LogP contribution in [0, 0.1) is 11.3 Å². The third-order valence-electron chi connectivity index (χ3n) is 2.89. The van der Waals surface area contributed by atoms with Crippen LogP contribution in [0.5, 0.6) is 0 Å². The summed E-state index contributed by atoms with van der Waals surface area (Å²) in [6.45, 7) is 6.81. The molecule has 0 aliphatic heterocycles. The Morgan fingerprint density at radius 1 is 1.19 bits per heavy atom. The van der Waals surface area contributed by atoms with Crippen molar-refractivity contribution in [2.45, 2.75) is 32.1 Å². The molecule has 0 aromatic heterocycles. The van der Waals surface area contributed by atoms with Gasteiger partial charge in [-0.3, -0.25) is 0 Å². The Kier molecular flexibility index (Phi) is 5.71. The summed E-state index contributed by atoms with van der Waals surface area (Å²) in [6, 6.07) is 10.6. The van der Waals surface area contributed by atoms with Gasteiger partial charge in [0, 0.05) is 10.8 Å². The van der Waals surface area contributed by atoms with Crippen LogP contribution >= 0.6 is 23.4 Å². The number of hydrogen-bond acceptors (Lipinski definition) is 1. The fraction of sp³-hybridized carbons (Fsp3) is 0.571. The van der Waals surface area contributed by atoms with Crippen molar-refractivity contribution >= 4 is 23.4 Å². The van der Waals surface area contributed by atoms with Gasteiger partial charge in [-0.05, 0) is 35.6 Å². The first-order chi connectivity index (χ1) is 7.54. The van der Waals surface area contributed by atoms with Crippen molar-refractivity contribution in [1.82, 2.24) is 0 Å². The van der Waals surface area contributed by atoms with Gasteiger partial charge in [0.25, 0.3) is 0 Å². The summed E-state index contributed by atoms with van der Waals surface area (Å²) >= 11 is 7.95. The molecular weight excluding hydrogens is 236 g/mol. The normalized spacial score (nSPS) is 13.8. The van der Waals surface area contributed by atoms with Crippen LogP contribution in [0.25, 0.3) is 0 Å². The van der Waals surface area contributed by atoms with E-state index in [2.05, 4.69) is 51.1 Å². The van der Waals surface area contributed by atoms with Gasteiger partial charge in [-0.15, -0.1) is 23.4 Å². The van der Waals surface area contributed by atoms with Crippen molar-refractivity contribution in [2.75, 3.05) is 11.6 Å². The maximum Gasteiger partial charge on any atom is 0.0257 e. The van der Waals surface area contributed by atoms with Gasteiger partial charge in [-0.2, -0.15) is 0 Å². The van der Waals surface area contributed by atoms with Crippen LogP contribution in [0.15, 0.2) is 35.2 Å². The van der Waals surface area contributed by atoms with E-state index in [4.69, 9.17) is 11.6 Å². The van der Waals surface area contributed by atoms with Crippen molar-refractivity contribution in [3.63, 3.8) is 0 Å². The molecule has 0 aliphatic rings. The lowest BCUT2D eigenvalue weighted by Crippen LogP contribution is -2.22. The molecule has 1 aromatic carbocycles. The molecule has 0 heterocycles. The standard InChI is InChI=1S/C14H21ClS/c1-14(2,3)12(11-15)9-10-16-13-7-5-4-6-8-13/h4-8,12H,9-11H2,1-3H3. The smallest absolute Gasteiger partial charge is 0.0257 e. The van der Waals surface area contributed by atoms with E-state index in [1.165, 1.54) is 11.3 Å². The summed E-state index contributed by atoms with van der Waals surface area (Å²) in [5.41, 5.74) is 0.318. The van der Waals surface area contributed by atoms with Crippen LogP contribution in [0.4, 0.5) is 0 Å². The van der Waals surface area contributed by atoms with Crippen LogP contribution in [0.1, 0.15) is 27.2 Å². The van der Waals surface area contributed by atoms with Crippen molar-refractivity contribution < 1.29 is 0 Å². The third kappa shape index (κ3) is 4.80. The van der Waals surface area contributed by atoms with E-state index in [-0.39, 0.29) is 0 Å². The molecule has 1 aromatic rings. The third-order valence-corrected chi connectivity index (χ3v) is 4.31. The van der Waals surface area contributed by atoms with Crippen LogP contribution < -0.4 is 0 Å². The lowest BCUT2D eigenvalue weighted by atomic mass is 9.80. The quantitative estimate of drug-likeness (QED) is 0.524. The topological polar surface area (TPSA) is 0 Å². The van der Waals surface area contributed by atoms with Gasteiger partial charge in [0.2, 0.25) is 0 Å². The second-order valence-electron chi connectivity index (χ2n) is 5.17. The number of hydrogen-bond donors (Lipinski definition) is 0. The molecule has 0 saturated heterocycles. The second-order valence-corrected chi connectivity index (χ2v) is 6.64.